The Morgan fingerprint density at radius 2 is 0.671 bits per heavy atom. The molecule has 6 heteroatoms. The third kappa shape index (κ3) is 6.47. The SMILES string of the molecule is C1=Cc2c(c3cc(-n4c5ccccc5c5ccccc54)ccc3n2-c2ccc(-c3cc(-c4ccc(-n5c6ccccc6c6cc(-n7c8ccccc8c8ccccc87)ccc65)cc4)nc(-c4ccccc4)n3)cc2)CC1. The Morgan fingerprint density at radius 1 is 0.289 bits per heavy atom. The molecule has 0 unspecified atom stereocenters. The molecule has 0 fully saturated rings. The fourth-order valence-electron chi connectivity index (χ4n) is 12.4. The van der Waals surface area contributed by atoms with Gasteiger partial charge in [-0.15, -0.1) is 0 Å². The van der Waals surface area contributed by atoms with Crippen LogP contribution in [0.3, 0.4) is 0 Å². The zero-order valence-corrected chi connectivity index (χ0v) is 41.3. The minimum Gasteiger partial charge on any atom is -0.310 e. The smallest absolute Gasteiger partial charge is 0.160 e. The monoisotopic (exact) mass is 970 g/mol. The zero-order chi connectivity index (χ0) is 49.8. The van der Waals surface area contributed by atoms with Gasteiger partial charge in [-0.05, 0) is 122 Å². The van der Waals surface area contributed by atoms with E-state index in [4.69, 9.17) is 9.97 Å². The van der Waals surface area contributed by atoms with Gasteiger partial charge in [0.25, 0.3) is 0 Å². The predicted octanol–water partition coefficient (Wildman–Crippen LogP) is 17.7. The lowest BCUT2D eigenvalue weighted by atomic mass is 10.0. The van der Waals surface area contributed by atoms with Crippen LogP contribution in [0.25, 0.3) is 139 Å². The number of rotatable bonds is 7. The van der Waals surface area contributed by atoms with Crippen LogP contribution in [0.4, 0.5) is 0 Å². The summed E-state index contributed by atoms with van der Waals surface area (Å²) in [6, 6.07) is 87.8. The molecule has 0 saturated heterocycles. The highest BCUT2D eigenvalue weighted by Crippen LogP contribution is 2.41. The van der Waals surface area contributed by atoms with Gasteiger partial charge in [0, 0.05) is 82.8 Å². The van der Waals surface area contributed by atoms with Gasteiger partial charge in [0.1, 0.15) is 0 Å². The van der Waals surface area contributed by atoms with E-state index in [1.165, 1.54) is 82.2 Å². The Morgan fingerprint density at radius 3 is 1.17 bits per heavy atom. The molecule has 5 heterocycles. The summed E-state index contributed by atoms with van der Waals surface area (Å²) >= 11 is 0. The molecule has 356 valence electrons. The summed E-state index contributed by atoms with van der Waals surface area (Å²) in [5, 5.41) is 8.78. The summed E-state index contributed by atoms with van der Waals surface area (Å²) in [6.45, 7) is 0. The van der Waals surface area contributed by atoms with Crippen molar-refractivity contribution in [3.8, 4) is 56.7 Å². The van der Waals surface area contributed by atoms with E-state index >= 15 is 0 Å². The number of fused-ring (bicyclic) bond motifs is 12. The molecular formula is C70H46N6. The second-order valence-corrected chi connectivity index (χ2v) is 20.1. The van der Waals surface area contributed by atoms with Crippen LogP contribution < -0.4 is 0 Å². The quantitative estimate of drug-likeness (QED) is 0.160. The predicted molar refractivity (Wildman–Crippen MR) is 316 cm³/mol. The van der Waals surface area contributed by atoms with Crippen LogP contribution in [-0.2, 0) is 6.42 Å². The summed E-state index contributed by atoms with van der Waals surface area (Å²) in [5.74, 6) is 0.692. The average Bonchev–Trinajstić information content (AvgIpc) is 4.24. The summed E-state index contributed by atoms with van der Waals surface area (Å²) < 4.78 is 9.64. The second-order valence-electron chi connectivity index (χ2n) is 20.1. The molecule has 10 aromatic carbocycles. The van der Waals surface area contributed by atoms with Gasteiger partial charge in [-0.1, -0.05) is 152 Å². The molecule has 16 rings (SSSR count). The third-order valence-electron chi connectivity index (χ3n) is 15.9. The molecule has 5 aromatic heterocycles. The molecule has 76 heavy (non-hydrogen) atoms. The molecular weight excluding hydrogens is 925 g/mol. The summed E-state index contributed by atoms with van der Waals surface area (Å²) in [5.41, 5.74) is 20.3. The Bertz CT molecular complexity index is 4750. The van der Waals surface area contributed by atoms with E-state index in [9.17, 15) is 0 Å². The fourth-order valence-corrected chi connectivity index (χ4v) is 12.4. The van der Waals surface area contributed by atoms with Gasteiger partial charge in [0.2, 0.25) is 0 Å². The maximum absolute atomic E-state index is 5.24. The molecule has 6 nitrogen and oxygen atoms in total. The first kappa shape index (κ1) is 42.5. The van der Waals surface area contributed by atoms with Gasteiger partial charge in [-0.3, -0.25) is 0 Å². The molecule has 0 aliphatic heterocycles. The molecule has 0 radical (unpaired) electrons. The van der Waals surface area contributed by atoms with E-state index < -0.39 is 0 Å². The maximum atomic E-state index is 5.24. The van der Waals surface area contributed by atoms with Crippen LogP contribution in [0, 0.1) is 0 Å². The van der Waals surface area contributed by atoms with E-state index in [1.807, 2.05) is 6.07 Å². The van der Waals surface area contributed by atoms with E-state index in [0.717, 1.165) is 69.0 Å². The van der Waals surface area contributed by atoms with Crippen molar-refractivity contribution in [1.82, 2.24) is 28.2 Å². The first-order valence-corrected chi connectivity index (χ1v) is 26.2. The molecule has 1 aliphatic rings. The van der Waals surface area contributed by atoms with E-state index in [0.29, 0.717) is 5.82 Å². The summed E-state index contributed by atoms with van der Waals surface area (Å²) in [7, 11) is 0. The van der Waals surface area contributed by atoms with Crippen molar-refractivity contribution < 1.29 is 0 Å². The van der Waals surface area contributed by atoms with Gasteiger partial charge in [0.15, 0.2) is 5.82 Å². The molecule has 15 aromatic rings. The van der Waals surface area contributed by atoms with Crippen molar-refractivity contribution >= 4 is 82.4 Å². The largest absolute Gasteiger partial charge is 0.310 e. The zero-order valence-electron chi connectivity index (χ0n) is 41.3. The van der Waals surface area contributed by atoms with Crippen molar-refractivity contribution in [3.05, 3.63) is 260 Å². The van der Waals surface area contributed by atoms with Crippen molar-refractivity contribution in [2.45, 2.75) is 12.8 Å². The topological polar surface area (TPSA) is 45.5 Å². The van der Waals surface area contributed by atoms with Gasteiger partial charge in [0.05, 0.1) is 50.0 Å². The van der Waals surface area contributed by atoms with Gasteiger partial charge in [-0.25, -0.2) is 9.97 Å². The van der Waals surface area contributed by atoms with Crippen LogP contribution in [0.1, 0.15) is 17.7 Å². The van der Waals surface area contributed by atoms with Crippen LogP contribution in [0.5, 0.6) is 0 Å². The number of hydrogen-bond donors (Lipinski definition) is 0. The molecule has 0 bridgehead atoms. The Balaban J connectivity index is 0.771. The second kappa shape index (κ2) is 16.7. The normalized spacial score (nSPS) is 12.6. The summed E-state index contributed by atoms with van der Waals surface area (Å²) in [6.07, 6.45) is 6.65. The number of hydrogen-bond acceptors (Lipinski definition) is 2. The summed E-state index contributed by atoms with van der Waals surface area (Å²) in [4.78, 5) is 10.5. The first-order valence-electron chi connectivity index (χ1n) is 26.2. The number of aromatic nitrogens is 6. The standard InChI is InChI=1S/C70H46N6/c1-2-16-47(17-3-1)70-71-60(45-30-34-48(35-31-45)73-66-28-14-8-22-56(66)58-42-50(38-40-68(58)73)75-62-24-10-4-18-52(62)53-19-5-11-25-63(53)75)44-61(72-70)46-32-36-49(37-33-46)74-67-29-15-9-23-57(67)59-43-51(39-41-69(59)74)76-64-26-12-6-20-54(64)55-21-7-13-27-65(55)76/h1-8,10-22,24-44H,9,23H2. The van der Waals surface area contributed by atoms with Gasteiger partial charge in [-0.2, -0.15) is 0 Å². The van der Waals surface area contributed by atoms with Crippen LogP contribution in [0.2, 0.25) is 0 Å². The average molecular weight is 971 g/mol. The number of nitrogens with zero attached hydrogens (tertiary/aromatic N) is 6. The van der Waals surface area contributed by atoms with Gasteiger partial charge < -0.3 is 18.3 Å². The third-order valence-corrected chi connectivity index (χ3v) is 15.9. The number of para-hydroxylation sites is 5. The Labute approximate surface area is 437 Å². The van der Waals surface area contributed by atoms with Crippen LogP contribution >= 0.6 is 0 Å². The molecule has 1 aliphatic carbocycles. The van der Waals surface area contributed by atoms with Crippen molar-refractivity contribution in [2.75, 3.05) is 0 Å². The lowest BCUT2D eigenvalue weighted by molar-refractivity contribution is 0.967. The first-order chi connectivity index (χ1) is 37.7. The Hall–Kier alpha value is -10.0. The minimum atomic E-state index is 0.692. The van der Waals surface area contributed by atoms with Crippen molar-refractivity contribution in [3.63, 3.8) is 0 Å². The molecule has 0 atom stereocenters. The van der Waals surface area contributed by atoms with Crippen molar-refractivity contribution in [2.24, 2.45) is 0 Å². The van der Waals surface area contributed by atoms with E-state index in [-0.39, 0.29) is 0 Å². The fraction of sp³-hybridized carbons (Fsp3) is 0.0286. The minimum absolute atomic E-state index is 0.692. The number of aryl methyl sites for hydroxylation is 1. The highest BCUT2D eigenvalue weighted by molar-refractivity contribution is 6.13. The van der Waals surface area contributed by atoms with E-state index in [1.54, 1.807) is 0 Å². The maximum Gasteiger partial charge on any atom is 0.160 e. The van der Waals surface area contributed by atoms with Crippen LogP contribution in [-0.4, -0.2) is 28.2 Å². The van der Waals surface area contributed by atoms with Crippen LogP contribution in [0.15, 0.2) is 249 Å². The lowest BCUT2D eigenvalue weighted by Crippen LogP contribution is -2.00. The molecule has 0 spiro atoms. The number of benzene rings is 10. The van der Waals surface area contributed by atoms with E-state index in [2.05, 4.69) is 267 Å². The molecule has 0 amide bonds. The lowest BCUT2D eigenvalue weighted by Gasteiger charge is -2.14. The van der Waals surface area contributed by atoms with Gasteiger partial charge >= 0.3 is 0 Å². The Kier molecular flexibility index (Phi) is 9.36. The number of allylic oxidation sites excluding steroid dienone is 1. The highest BCUT2D eigenvalue weighted by Gasteiger charge is 2.22. The molecule has 0 saturated carbocycles. The molecule has 0 N–H and O–H groups in total. The van der Waals surface area contributed by atoms with Crippen molar-refractivity contribution in [1.29, 1.82) is 0 Å². The highest BCUT2D eigenvalue weighted by atomic mass is 15.0.